The highest BCUT2D eigenvalue weighted by Crippen LogP contribution is 2.29. The minimum atomic E-state index is -0.418. The number of hydrogen-bond donors (Lipinski definition) is 0. The van der Waals surface area contributed by atoms with Gasteiger partial charge in [-0.3, -0.25) is 13.9 Å². The van der Waals surface area contributed by atoms with Gasteiger partial charge in [0.2, 0.25) is 0 Å². The van der Waals surface area contributed by atoms with Crippen LogP contribution >= 0.6 is 11.6 Å². The van der Waals surface area contributed by atoms with Crippen LogP contribution in [0.15, 0.2) is 52.1 Å². The minimum absolute atomic E-state index is 0.198. The zero-order valence-corrected chi connectivity index (χ0v) is 23.8. The van der Waals surface area contributed by atoms with Crippen LogP contribution in [-0.2, 0) is 22.6 Å². The average molecular weight is 569 g/mol. The van der Waals surface area contributed by atoms with E-state index in [2.05, 4.69) is 0 Å². The third-order valence-electron chi connectivity index (χ3n) is 7.23. The lowest BCUT2D eigenvalue weighted by Crippen LogP contribution is -2.41. The summed E-state index contributed by atoms with van der Waals surface area (Å²) in [5, 5.41) is 0.588. The number of hydrogen-bond acceptors (Lipinski definition) is 5. The molecule has 2 aromatic carbocycles. The minimum Gasteiger partial charge on any atom is -0.353 e. The third kappa shape index (κ3) is 5.77. The van der Waals surface area contributed by atoms with Crippen LogP contribution in [0.2, 0.25) is 5.02 Å². The van der Waals surface area contributed by atoms with Gasteiger partial charge >= 0.3 is 5.69 Å². The fourth-order valence-electron chi connectivity index (χ4n) is 5.21. The first-order valence-electron chi connectivity index (χ1n) is 13.7. The highest BCUT2D eigenvalue weighted by molar-refractivity contribution is 6.30. The van der Waals surface area contributed by atoms with E-state index in [1.165, 1.54) is 16.7 Å². The fourth-order valence-corrected chi connectivity index (χ4v) is 5.43. The normalized spacial score (nSPS) is 15.8. The second-order valence-corrected chi connectivity index (χ2v) is 10.9. The van der Waals surface area contributed by atoms with E-state index in [1.807, 2.05) is 37.5 Å². The first-order valence-corrected chi connectivity index (χ1v) is 14.1. The van der Waals surface area contributed by atoms with Crippen molar-refractivity contribution >= 4 is 22.8 Å². The van der Waals surface area contributed by atoms with Crippen LogP contribution in [0, 0.1) is 12.7 Å². The molecule has 0 amide bonds. The van der Waals surface area contributed by atoms with Gasteiger partial charge in [0.05, 0.1) is 6.61 Å². The van der Waals surface area contributed by atoms with Crippen molar-refractivity contribution in [2.24, 2.45) is 0 Å². The molecule has 1 aliphatic heterocycles. The summed E-state index contributed by atoms with van der Waals surface area (Å²) in [6, 6.07) is 11.4. The van der Waals surface area contributed by atoms with E-state index in [-0.39, 0.29) is 31.2 Å². The quantitative estimate of drug-likeness (QED) is 0.242. The molecule has 1 atom stereocenters. The van der Waals surface area contributed by atoms with E-state index in [4.69, 9.17) is 26.1 Å². The highest BCUT2D eigenvalue weighted by atomic mass is 35.5. The summed E-state index contributed by atoms with van der Waals surface area (Å²) in [5.74, 6) is 0.194. The molecule has 0 N–H and O–H groups in total. The Bertz CT molecular complexity index is 1620. The molecule has 0 aliphatic carbocycles. The van der Waals surface area contributed by atoms with Gasteiger partial charge in [0.25, 0.3) is 5.56 Å². The molecule has 3 heterocycles. The second kappa shape index (κ2) is 12.1. The Kier molecular flexibility index (Phi) is 8.54. The first-order chi connectivity index (χ1) is 19.2. The van der Waals surface area contributed by atoms with Gasteiger partial charge in [-0.05, 0) is 87.9 Å². The van der Waals surface area contributed by atoms with E-state index in [9.17, 15) is 14.0 Å². The summed E-state index contributed by atoms with van der Waals surface area (Å²) in [6.07, 6.45) is 3.19. The van der Waals surface area contributed by atoms with Gasteiger partial charge in [0.1, 0.15) is 11.6 Å². The molecule has 4 aromatic rings. The molecule has 1 unspecified atom stereocenters. The van der Waals surface area contributed by atoms with Crippen LogP contribution in [0.1, 0.15) is 56.7 Å². The molecule has 1 fully saturated rings. The van der Waals surface area contributed by atoms with E-state index >= 15 is 0 Å². The largest absolute Gasteiger partial charge is 0.353 e. The maximum Gasteiger partial charge on any atom is 0.332 e. The standard InChI is InChI=1S/C30H34ClFN4O4/c1-19(2)36-28-26(29(37)34(30(36)38)14-6-16-40-25-7-4-5-15-39-25)35(18-21-8-11-23(32)12-9-21)27(33-28)24-13-10-22(31)17-20(24)3/h8-13,17,19,25H,4-7,14-16,18H2,1-3H3. The van der Waals surface area contributed by atoms with E-state index < -0.39 is 11.2 Å². The number of fused-ring (bicyclic) bond motifs is 1. The SMILES string of the molecule is Cc1cc(Cl)ccc1-c1nc2c(c(=O)n(CCCOC3CCCCO3)c(=O)n2C(C)C)n1Cc1ccc(F)cc1. The predicted octanol–water partition coefficient (Wildman–Crippen LogP) is 5.69. The highest BCUT2D eigenvalue weighted by Gasteiger charge is 2.24. The molecular formula is C30H34ClFN4O4. The summed E-state index contributed by atoms with van der Waals surface area (Å²) in [5.41, 5.74) is 2.27. The summed E-state index contributed by atoms with van der Waals surface area (Å²) in [7, 11) is 0. The lowest BCUT2D eigenvalue weighted by atomic mass is 10.1. The summed E-state index contributed by atoms with van der Waals surface area (Å²) in [4.78, 5) is 32.6. The maximum atomic E-state index is 14.0. The molecular weight excluding hydrogens is 535 g/mol. The van der Waals surface area contributed by atoms with Gasteiger partial charge in [0, 0.05) is 36.3 Å². The number of benzene rings is 2. The van der Waals surface area contributed by atoms with Crippen molar-refractivity contribution in [3.8, 4) is 11.4 Å². The number of halogens is 2. The van der Waals surface area contributed by atoms with Gasteiger partial charge in [-0.1, -0.05) is 23.7 Å². The lowest BCUT2D eigenvalue weighted by molar-refractivity contribution is -0.163. The first kappa shape index (κ1) is 28.3. The van der Waals surface area contributed by atoms with Crippen LogP contribution in [0.3, 0.4) is 0 Å². The van der Waals surface area contributed by atoms with Crippen molar-refractivity contribution < 1.29 is 13.9 Å². The van der Waals surface area contributed by atoms with Gasteiger partial charge in [-0.25, -0.2) is 14.2 Å². The Hall–Kier alpha value is -3.27. The van der Waals surface area contributed by atoms with Gasteiger partial charge in [0.15, 0.2) is 17.5 Å². The lowest BCUT2D eigenvalue weighted by Gasteiger charge is -2.22. The van der Waals surface area contributed by atoms with Crippen molar-refractivity contribution in [1.82, 2.24) is 18.7 Å². The van der Waals surface area contributed by atoms with E-state index in [1.54, 1.807) is 22.8 Å². The van der Waals surface area contributed by atoms with Crippen LogP contribution < -0.4 is 11.2 Å². The summed E-state index contributed by atoms with van der Waals surface area (Å²) < 4.78 is 29.8. The topological polar surface area (TPSA) is 80.3 Å². The molecule has 2 aromatic heterocycles. The van der Waals surface area contributed by atoms with Gasteiger partial charge in [-0.2, -0.15) is 0 Å². The zero-order chi connectivity index (χ0) is 28.4. The molecule has 5 rings (SSSR count). The average Bonchev–Trinajstić information content (AvgIpc) is 3.28. The second-order valence-electron chi connectivity index (χ2n) is 10.5. The number of ether oxygens (including phenoxy) is 2. The molecule has 0 radical (unpaired) electrons. The Balaban J connectivity index is 1.63. The Labute approximate surface area is 236 Å². The van der Waals surface area contributed by atoms with Crippen molar-refractivity contribution in [1.29, 1.82) is 0 Å². The molecule has 0 spiro atoms. The molecule has 8 nitrogen and oxygen atoms in total. The predicted molar refractivity (Wildman–Crippen MR) is 153 cm³/mol. The smallest absolute Gasteiger partial charge is 0.332 e. The van der Waals surface area contributed by atoms with Crippen LogP contribution in [-0.4, -0.2) is 38.2 Å². The summed E-state index contributed by atoms with van der Waals surface area (Å²) >= 11 is 6.23. The number of nitrogens with zero attached hydrogens (tertiary/aromatic N) is 4. The van der Waals surface area contributed by atoms with Crippen molar-refractivity contribution in [3.63, 3.8) is 0 Å². The number of imidazole rings is 1. The maximum absolute atomic E-state index is 14.0. The van der Waals surface area contributed by atoms with Crippen molar-refractivity contribution in [2.45, 2.75) is 71.9 Å². The van der Waals surface area contributed by atoms with Gasteiger partial charge in [-0.15, -0.1) is 0 Å². The van der Waals surface area contributed by atoms with E-state index in [0.717, 1.165) is 36.0 Å². The van der Waals surface area contributed by atoms with E-state index in [0.29, 0.717) is 41.6 Å². The van der Waals surface area contributed by atoms with Gasteiger partial charge < -0.3 is 14.0 Å². The Morgan fingerprint density at radius 3 is 2.58 bits per heavy atom. The number of rotatable bonds is 9. The fraction of sp³-hybridized carbons (Fsp3) is 0.433. The zero-order valence-electron chi connectivity index (χ0n) is 23.0. The molecule has 0 bridgehead atoms. The molecule has 10 heteroatoms. The molecule has 1 saturated heterocycles. The Morgan fingerprint density at radius 1 is 1.12 bits per heavy atom. The molecule has 212 valence electrons. The van der Waals surface area contributed by atoms with Crippen molar-refractivity contribution in [3.05, 3.63) is 85.3 Å². The molecule has 40 heavy (non-hydrogen) atoms. The molecule has 0 saturated carbocycles. The van der Waals surface area contributed by atoms with Crippen molar-refractivity contribution in [2.75, 3.05) is 13.2 Å². The Morgan fingerprint density at radius 2 is 1.90 bits per heavy atom. The monoisotopic (exact) mass is 568 g/mol. The van der Waals surface area contributed by atoms with Crippen LogP contribution in [0.25, 0.3) is 22.6 Å². The third-order valence-corrected chi connectivity index (χ3v) is 7.46. The number of aryl methyl sites for hydroxylation is 1. The summed E-state index contributed by atoms with van der Waals surface area (Å²) in [6.45, 7) is 7.24. The molecule has 1 aliphatic rings. The number of aromatic nitrogens is 4. The van der Waals surface area contributed by atoms with Crippen LogP contribution in [0.5, 0.6) is 0 Å². The van der Waals surface area contributed by atoms with Crippen LogP contribution in [0.4, 0.5) is 4.39 Å².